The van der Waals surface area contributed by atoms with E-state index in [0.717, 1.165) is 31.9 Å². The largest absolute Gasteiger partial charge is 0.371 e. The van der Waals surface area contributed by atoms with Crippen LogP contribution in [0.2, 0.25) is 0 Å². The fraction of sp³-hybridized carbons (Fsp3) is 0.650. The van der Waals surface area contributed by atoms with Gasteiger partial charge in [-0.25, -0.2) is 4.79 Å². The maximum Gasteiger partial charge on any atom is 0.319 e. The third kappa shape index (κ3) is 5.11. The molecule has 0 spiro atoms. The molecule has 0 saturated carbocycles. The number of urea groups is 1. The van der Waals surface area contributed by atoms with Crippen LogP contribution in [0.25, 0.3) is 0 Å². The molecule has 2 N–H and O–H groups in total. The summed E-state index contributed by atoms with van der Waals surface area (Å²) < 4.78 is 0. The van der Waals surface area contributed by atoms with Gasteiger partial charge in [-0.2, -0.15) is 0 Å². The smallest absolute Gasteiger partial charge is 0.319 e. The number of piperidine rings is 1. The molecule has 25 heavy (non-hydrogen) atoms. The minimum absolute atomic E-state index is 0.0970. The van der Waals surface area contributed by atoms with Crippen molar-refractivity contribution in [1.29, 1.82) is 0 Å². The van der Waals surface area contributed by atoms with E-state index in [-0.39, 0.29) is 6.03 Å². The van der Waals surface area contributed by atoms with Crippen LogP contribution in [-0.2, 0) is 0 Å². The number of rotatable bonds is 5. The molecule has 0 aromatic heterocycles. The van der Waals surface area contributed by atoms with E-state index in [0.29, 0.717) is 12.0 Å². The summed E-state index contributed by atoms with van der Waals surface area (Å²) in [5.41, 5.74) is 2.07. The minimum Gasteiger partial charge on any atom is -0.371 e. The molecule has 2 aliphatic rings. The zero-order valence-electron chi connectivity index (χ0n) is 15.6. The first-order valence-electron chi connectivity index (χ1n) is 9.76. The lowest BCUT2D eigenvalue weighted by Crippen LogP contribution is -2.44. The molecule has 3 rings (SSSR count). The van der Waals surface area contributed by atoms with Gasteiger partial charge in [0.25, 0.3) is 0 Å². The van der Waals surface area contributed by atoms with Crippen LogP contribution in [-0.4, -0.2) is 49.7 Å². The number of nitrogens with zero attached hydrogens (tertiary/aromatic N) is 2. The van der Waals surface area contributed by atoms with E-state index in [1.807, 2.05) is 12.1 Å². The zero-order chi connectivity index (χ0) is 17.6. The molecule has 0 radical (unpaired) electrons. The van der Waals surface area contributed by atoms with Gasteiger partial charge >= 0.3 is 6.03 Å². The van der Waals surface area contributed by atoms with Crippen LogP contribution < -0.4 is 15.5 Å². The van der Waals surface area contributed by atoms with Crippen molar-refractivity contribution in [3.05, 3.63) is 24.3 Å². The van der Waals surface area contributed by atoms with Crippen LogP contribution in [0.15, 0.2) is 24.3 Å². The van der Waals surface area contributed by atoms with Crippen molar-refractivity contribution in [2.45, 2.75) is 45.6 Å². The normalized spacial score (nSPS) is 21.6. The predicted molar refractivity (Wildman–Crippen MR) is 104 cm³/mol. The average molecular weight is 345 g/mol. The molecule has 1 aromatic carbocycles. The Morgan fingerprint density at radius 1 is 1.20 bits per heavy atom. The maximum absolute atomic E-state index is 12.3. The van der Waals surface area contributed by atoms with Gasteiger partial charge in [0.1, 0.15) is 0 Å². The molecule has 0 bridgehead atoms. The molecule has 2 aliphatic heterocycles. The Kier molecular flexibility index (Phi) is 6.19. The van der Waals surface area contributed by atoms with Crippen LogP contribution in [0.5, 0.6) is 0 Å². The van der Waals surface area contributed by atoms with Crippen molar-refractivity contribution in [3.63, 3.8) is 0 Å². The van der Waals surface area contributed by atoms with Gasteiger partial charge in [-0.05, 0) is 70.2 Å². The predicted octanol–water partition coefficient (Wildman–Crippen LogP) is 3.53. The van der Waals surface area contributed by atoms with Crippen LogP contribution >= 0.6 is 0 Å². The molecular weight excluding hydrogens is 312 g/mol. The number of carbonyl (C=O) groups excluding carboxylic acids is 1. The molecule has 2 amide bonds. The van der Waals surface area contributed by atoms with Gasteiger partial charge in [-0.15, -0.1) is 0 Å². The van der Waals surface area contributed by atoms with Crippen LogP contribution in [0.1, 0.15) is 39.5 Å². The van der Waals surface area contributed by atoms with E-state index in [1.54, 1.807) is 0 Å². The van der Waals surface area contributed by atoms with E-state index < -0.39 is 0 Å². The third-order valence-electron chi connectivity index (χ3n) is 5.41. The van der Waals surface area contributed by atoms with Crippen LogP contribution in [0.4, 0.5) is 16.2 Å². The summed E-state index contributed by atoms with van der Waals surface area (Å²) in [6, 6.07) is 8.67. The highest BCUT2D eigenvalue weighted by Crippen LogP contribution is 2.23. The number of anilines is 2. The summed E-state index contributed by atoms with van der Waals surface area (Å²) in [7, 11) is 0. The second-order valence-electron chi connectivity index (χ2n) is 7.68. The van der Waals surface area contributed by atoms with Gasteiger partial charge in [0.2, 0.25) is 0 Å². The van der Waals surface area contributed by atoms with Gasteiger partial charge in [0.05, 0.1) is 0 Å². The monoisotopic (exact) mass is 344 g/mol. The summed E-state index contributed by atoms with van der Waals surface area (Å²) in [5.74, 6) is 0.554. The van der Waals surface area contributed by atoms with E-state index in [1.165, 1.54) is 37.9 Å². The van der Waals surface area contributed by atoms with Crippen molar-refractivity contribution in [2.75, 3.05) is 42.9 Å². The quantitative estimate of drug-likeness (QED) is 0.859. The Morgan fingerprint density at radius 3 is 2.76 bits per heavy atom. The molecule has 5 heteroatoms. The number of amides is 2. The summed E-state index contributed by atoms with van der Waals surface area (Å²) in [6.45, 7) is 9.74. The average Bonchev–Trinajstić information content (AvgIpc) is 3.15. The van der Waals surface area contributed by atoms with Gasteiger partial charge in [0.15, 0.2) is 0 Å². The summed E-state index contributed by atoms with van der Waals surface area (Å²) >= 11 is 0. The number of carbonyl (C=O) groups is 1. The summed E-state index contributed by atoms with van der Waals surface area (Å²) in [5, 5.41) is 6.05. The topological polar surface area (TPSA) is 47.6 Å². The fourth-order valence-electron chi connectivity index (χ4n) is 3.90. The van der Waals surface area contributed by atoms with Crippen molar-refractivity contribution in [1.82, 2.24) is 10.2 Å². The second kappa shape index (κ2) is 8.56. The van der Waals surface area contributed by atoms with E-state index >= 15 is 0 Å². The first-order valence-corrected chi connectivity index (χ1v) is 9.76. The van der Waals surface area contributed by atoms with Gasteiger partial charge in [0, 0.05) is 43.6 Å². The highest BCUT2D eigenvalue weighted by atomic mass is 16.2. The van der Waals surface area contributed by atoms with E-state index in [9.17, 15) is 4.79 Å². The van der Waals surface area contributed by atoms with Crippen molar-refractivity contribution < 1.29 is 4.79 Å². The van der Waals surface area contributed by atoms with Crippen LogP contribution in [0.3, 0.4) is 0 Å². The number of hydrogen-bond donors (Lipinski definition) is 2. The molecule has 2 saturated heterocycles. The minimum atomic E-state index is -0.0970. The first-order chi connectivity index (χ1) is 12.1. The van der Waals surface area contributed by atoms with Gasteiger partial charge < -0.3 is 20.4 Å². The Hall–Kier alpha value is -1.75. The fourth-order valence-corrected chi connectivity index (χ4v) is 3.90. The van der Waals surface area contributed by atoms with Gasteiger partial charge in [-0.3, -0.25) is 0 Å². The van der Waals surface area contributed by atoms with E-state index in [2.05, 4.69) is 46.4 Å². The van der Waals surface area contributed by atoms with Crippen molar-refractivity contribution >= 4 is 17.4 Å². The molecule has 1 aromatic rings. The zero-order valence-corrected chi connectivity index (χ0v) is 15.6. The number of nitrogens with one attached hydrogen (secondary N) is 2. The Morgan fingerprint density at radius 2 is 2.00 bits per heavy atom. The first kappa shape index (κ1) is 18.1. The molecule has 2 heterocycles. The third-order valence-corrected chi connectivity index (χ3v) is 5.41. The molecule has 138 valence electrons. The molecular formula is C20H32N4O. The standard InChI is InChI=1S/C20H32N4O/c1-16(2)24-12-6-7-17(15-24)14-21-20(25)22-18-8-5-9-19(13-18)23-10-3-4-11-23/h5,8-9,13,16-17H,3-4,6-7,10-12,14-15H2,1-2H3,(H2,21,22,25). The Labute approximate surface area is 151 Å². The number of benzene rings is 1. The maximum atomic E-state index is 12.3. The molecule has 5 nitrogen and oxygen atoms in total. The Balaban J connectivity index is 1.47. The number of hydrogen-bond acceptors (Lipinski definition) is 3. The number of likely N-dealkylation sites (tertiary alicyclic amines) is 1. The molecule has 0 aliphatic carbocycles. The van der Waals surface area contributed by atoms with E-state index in [4.69, 9.17) is 0 Å². The molecule has 1 unspecified atom stereocenters. The highest BCUT2D eigenvalue weighted by Gasteiger charge is 2.22. The van der Waals surface area contributed by atoms with Crippen molar-refractivity contribution in [3.8, 4) is 0 Å². The lowest BCUT2D eigenvalue weighted by molar-refractivity contribution is 0.139. The SMILES string of the molecule is CC(C)N1CCCC(CNC(=O)Nc2cccc(N3CCCC3)c2)C1. The lowest BCUT2D eigenvalue weighted by atomic mass is 9.97. The Bertz CT molecular complexity index is 569. The van der Waals surface area contributed by atoms with Crippen molar-refractivity contribution in [2.24, 2.45) is 5.92 Å². The highest BCUT2D eigenvalue weighted by molar-refractivity contribution is 5.89. The van der Waals surface area contributed by atoms with Crippen LogP contribution in [0, 0.1) is 5.92 Å². The summed E-state index contributed by atoms with van der Waals surface area (Å²) in [4.78, 5) is 17.1. The second-order valence-corrected chi connectivity index (χ2v) is 7.68. The molecule has 1 atom stereocenters. The molecule has 2 fully saturated rings. The lowest BCUT2D eigenvalue weighted by Gasteiger charge is -2.35. The van der Waals surface area contributed by atoms with Gasteiger partial charge in [-0.1, -0.05) is 6.07 Å². The summed E-state index contributed by atoms with van der Waals surface area (Å²) in [6.07, 6.45) is 4.94.